The molecule has 2 atom stereocenters. The predicted octanol–water partition coefficient (Wildman–Crippen LogP) is 3.95. The first-order chi connectivity index (χ1) is 17.9. The summed E-state index contributed by atoms with van der Waals surface area (Å²) in [6.07, 6.45) is 2.65. The minimum atomic E-state index is -0.175. The molecule has 2 aromatic carbocycles. The van der Waals surface area contributed by atoms with Crippen molar-refractivity contribution in [3.8, 4) is 5.75 Å². The van der Waals surface area contributed by atoms with E-state index in [1.807, 2.05) is 43.3 Å². The molecule has 8 nitrogen and oxygen atoms in total. The van der Waals surface area contributed by atoms with E-state index in [1.165, 1.54) is 0 Å². The zero-order valence-corrected chi connectivity index (χ0v) is 21.9. The molecule has 0 bridgehead atoms. The van der Waals surface area contributed by atoms with Crippen LogP contribution in [0.5, 0.6) is 5.75 Å². The predicted molar refractivity (Wildman–Crippen MR) is 145 cm³/mol. The highest BCUT2D eigenvalue weighted by molar-refractivity contribution is 7.08. The molecule has 1 amide bonds. The minimum absolute atomic E-state index is 0.103. The van der Waals surface area contributed by atoms with Gasteiger partial charge in [0, 0.05) is 41.2 Å². The number of carbonyl (C=O) groups excluding carboxylic acids is 1. The Balaban J connectivity index is 1.26. The number of hydrogen-bond donors (Lipinski definition) is 2. The molecule has 1 aliphatic rings. The molecule has 9 heteroatoms. The fourth-order valence-corrected chi connectivity index (χ4v) is 5.70. The van der Waals surface area contributed by atoms with Gasteiger partial charge in [-0.1, -0.05) is 29.5 Å². The van der Waals surface area contributed by atoms with Gasteiger partial charge in [-0.05, 0) is 75.7 Å². The summed E-state index contributed by atoms with van der Waals surface area (Å²) in [6.45, 7) is 4.36. The molecule has 2 unspecified atom stereocenters. The van der Waals surface area contributed by atoms with Gasteiger partial charge in [-0.2, -0.15) is 5.10 Å². The van der Waals surface area contributed by atoms with Crippen LogP contribution in [0.15, 0.2) is 59.4 Å². The van der Waals surface area contributed by atoms with Gasteiger partial charge in [0.25, 0.3) is 5.91 Å². The Morgan fingerprint density at radius 1 is 1.24 bits per heavy atom. The minimum Gasteiger partial charge on any atom is -0.489 e. The number of pyridine rings is 1. The first kappa shape index (κ1) is 25.1. The number of H-pyrrole nitrogens is 1. The number of carbonyl (C=O) groups is 1. The van der Waals surface area contributed by atoms with Crippen molar-refractivity contribution in [2.24, 2.45) is 5.92 Å². The molecular formula is C28H31N5O3S. The van der Waals surface area contributed by atoms with E-state index in [-0.39, 0.29) is 16.8 Å². The molecule has 192 valence electrons. The van der Waals surface area contributed by atoms with Crippen molar-refractivity contribution < 1.29 is 9.53 Å². The van der Waals surface area contributed by atoms with E-state index in [0.29, 0.717) is 35.3 Å². The maximum absolute atomic E-state index is 13.2. The van der Waals surface area contributed by atoms with Gasteiger partial charge in [0.1, 0.15) is 17.4 Å². The molecule has 0 spiro atoms. The van der Waals surface area contributed by atoms with Crippen LogP contribution in [0.1, 0.15) is 39.5 Å². The summed E-state index contributed by atoms with van der Waals surface area (Å²) in [5.41, 5.74) is 3.55. The highest BCUT2D eigenvalue weighted by Crippen LogP contribution is 2.23. The molecule has 0 saturated carbocycles. The Hall–Kier alpha value is -3.56. The number of para-hydroxylation sites is 1. The van der Waals surface area contributed by atoms with Crippen molar-refractivity contribution in [1.29, 1.82) is 0 Å². The Morgan fingerprint density at radius 2 is 2.05 bits per heavy atom. The first-order valence-corrected chi connectivity index (χ1v) is 13.4. The number of benzene rings is 2. The zero-order valence-electron chi connectivity index (χ0n) is 21.1. The Labute approximate surface area is 219 Å². The summed E-state index contributed by atoms with van der Waals surface area (Å²) < 4.78 is 6.05. The summed E-state index contributed by atoms with van der Waals surface area (Å²) in [6, 6.07) is 17.2. The van der Waals surface area contributed by atoms with Crippen molar-refractivity contribution in [2.45, 2.75) is 38.8 Å². The van der Waals surface area contributed by atoms with Gasteiger partial charge in [-0.25, -0.2) is 5.10 Å². The van der Waals surface area contributed by atoms with E-state index in [9.17, 15) is 9.59 Å². The van der Waals surface area contributed by atoms with Crippen molar-refractivity contribution in [2.75, 3.05) is 20.1 Å². The average Bonchev–Trinajstić information content (AvgIpc) is 3.31. The number of hydrogen-bond acceptors (Lipinski definition) is 7. The number of likely N-dealkylation sites (tertiary alicyclic amines) is 1. The summed E-state index contributed by atoms with van der Waals surface area (Å²) in [4.78, 5) is 31.5. The van der Waals surface area contributed by atoms with Crippen LogP contribution in [0.4, 0.5) is 0 Å². The maximum atomic E-state index is 13.2. The average molecular weight is 518 g/mol. The number of ether oxygens (including phenoxy) is 1. The maximum Gasteiger partial charge on any atom is 0.322 e. The molecule has 2 N–H and O–H groups in total. The molecular weight excluding hydrogens is 486 g/mol. The van der Waals surface area contributed by atoms with Crippen LogP contribution in [0.25, 0.3) is 10.9 Å². The van der Waals surface area contributed by atoms with Gasteiger partial charge in [0.05, 0.1) is 5.52 Å². The third-order valence-electron chi connectivity index (χ3n) is 6.86. The van der Waals surface area contributed by atoms with Crippen molar-refractivity contribution in [3.05, 3.63) is 86.1 Å². The number of aryl methyl sites for hydroxylation is 1. The van der Waals surface area contributed by atoms with Crippen LogP contribution < -0.4 is 14.9 Å². The molecule has 1 aliphatic heterocycles. The number of aromatic nitrogens is 3. The van der Waals surface area contributed by atoms with Crippen molar-refractivity contribution in [3.63, 3.8) is 0 Å². The van der Waals surface area contributed by atoms with Crippen LogP contribution in [0.3, 0.4) is 0 Å². The van der Waals surface area contributed by atoms with Gasteiger partial charge in [-0.3, -0.25) is 14.6 Å². The molecule has 3 heterocycles. The van der Waals surface area contributed by atoms with E-state index in [2.05, 4.69) is 38.5 Å². The van der Waals surface area contributed by atoms with Crippen LogP contribution >= 0.6 is 11.3 Å². The molecule has 0 aliphatic carbocycles. The van der Waals surface area contributed by atoms with Gasteiger partial charge >= 0.3 is 4.87 Å². The number of piperidine rings is 1. The van der Waals surface area contributed by atoms with Crippen molar-refractivity contribution >= 4 is 28.1 Å². The van der Waals surface area contributed by atoms with E-state index < -0.39 is 0 Å². The first-order valence-electron chi connectivity index (χ1n) is 12.6. The number of fused-ring (bicyclic) bond motifs is 1. The SMILES string of the molecule is Cc1cc(COc2ccc(C(=O)NC(Cc3n[nH]c(=O)s3)C3CCCN(C)C3)cc2)c2ccccc2n1. The fraction of sp³-hybridized carbons (Fsp3) is 0.357. The highest BCUT2D eigenvalue weighted by Gasteiger charge is 2.28. The normalized spacial score (nSPS) is 17.0. The number of amides is 1. The van der Waals surface area contributed by atoms with Gasteiger partial charge in [0.15, 0.2) is 0 Å². The van der Waals surface area contributed by atoms with E-state index in [0.717, 1.165) is 59.4 Å². The number of aromatic amines is 1. The molecule has 4 aromatic rings. The summed E-state index contributed by atoms with van der Waals surface area (Å²) >= 11 is 1.10. The quantitative estimate of drug-likeness (QED) is 0.367. The lowest BCUT2D eigenvalue weighted by atomic mass is 9.89. The number of nitrogens with one attached hydrogen (secondary N) is 2. The van der Waals surface area contributed by atoms with Gasteiger partial charge < -0.3 is 15.0 Å². The summed E-state index contributed by atoms with van der Waals surface area (Å²) in [5, 5.41) is 11.6. The Bertz CT molecular complexity index is 1430. The molecule has 0 radical (unpaired) electrons. The highest BCUT2D eigenvalue weighted by atomic mass is 32.1. The van der Waals surface area contributed by atoms with Crippen LogP contribution in [0, 0.1) is 12.8 Å². The second kappa shape index (κ2) is 11.2. The topological polar surface area (TPSA) is 100 Å². The van der Waals surface area contributed by atoms with Crippen LogP contribution in [-0.2, 0) is 13.0 Å². The number of nitrogens with zero attached hydrogens (tertiary/aromatic N) is 3. The Kier molecular flexibility index (Phi) is 7.62. The monoisotopic (exact) mass is 517 g/mol. The van der Waals surface area contributed by atoms with E-state index in [4.69, 9.17) is 4.74 Å². The molecule has 37 heavy (non-hydrogen) atoms. The second-order valence-corrected chi connectivity index (χ2v) is 10.8. The second-order valence-electron chi connectivity index (χ2n) is 9.71. The van der Waals surface area contributed by atoms with E-state index in [1.54, 1.807) is 12.1 Å². The summed E-state index contributed by atoms with van der Waals surface area (Å²) in [7, 11) is 2.10. The molecule has 5 rings (SSSR count). The van der Waals surface area contributed by atoms with E-state index >= 15 is 0 Å². The Morgan fingerprint density at radius 3 is 2.81 bits per heavy atom. The third kappa shape index (κ3) is 6.23. The fourth-order valence-electron chi connectivity index (χ4n) is 5.04. The van der Waals surface area contributed by atoms with Gasteiger partial charge in [-0.15, -0.1) is 0 Å². The largest absolute Gasteiger partial charge is 0.489 e. The third-order valence-corrected chi connectivity index (χ3v) is 7.63. The lowest BCUT2D eigenvalue weighted by Crippen LogP contribution is -2.47. The number of rotatable bonds is 8. The van der Waals surface area contributed by atoms with Gasteiger partial charge in [0.2, 0.25) is 0 Å². The molecule has 1 saturated heterocycles. The van der Waals surface area contributed by atoms with Crippen LogP contribution in [-0.4, -0.2) is 52.2 Å². The van der Waals surface area contributed by atoms with Crippen molar-refractivity contribution in [1.82, 2.24) is 25.4 Å². The van der Waals surface area contributed by atoms with Crippen LogP contribution in [0.2, 0.25) is 0 Å². The zero-order chi connectivity index (χ0) is 25.8. The molecule has 1 fully saturated rings. The lowest BCUT2D eigenvalue weighted by Gasteiger charge is -2.35. The standard InChI is InChI=1S/C28H31N5O3S/c1-18-14-21(23-7-3-4-8-24(23)29-18)17-36-22-11-9-19(10-12-22)27(34)30-25(15-26-31-32-28(35)37-26)20-6-5-13-33(2)16-20/h3-4,7-12,14,20,25H,5-6,13,15-17H2,1-2H3,(H,30,34)(H,32,35). The lowest BCUT2D eigenvalue weighted by molar-refractivity contribution is 0.0895. The molecule has 2 aromatic heterocycles. The summed E-state index contributed by atoms with van der Waals surface area (Å²) in [5.74, 6) is 0.855. The smallest absolute Gasteiger partial charge is 0.322 e.